The summed E-state index contributed by atoms with van der Waals surface area (Å²) in [6.07, 6.45) is 2.29. The highest BCUT2D eigenvalue weighted by Gasteiger charge is 2.35. The molecule has 4 rings (SSSR count). The topological polar surface area (TPSA) is 70.6 Å². The second-order valence-electron chi connectivity index (χ2n) is 9.52. The highest BCUT2D eigenvalue weighted by Crippen LogP contribution is 2.26. The van der Waals surface area contributed by atoms with Crippen molar-refractivity contribution >= 4 is 23.2 Å². The Morgan fingerprint density at radius 2 is 1.66 bits per heavy atom. The zero-order valence-corrected chi connectivity index (χ0v) is 20.8. The van der Waals surface area contributed by atoms with Crippen LogP contribution in [0, 0.1) is 0 Å². The van der Waals surface area contributed by atoms with E-state index in [2.05, 4.69) is 22.9 Å². The Kier molecular flexibility index (Phi) is 8.08. The summed E-state index contributed by atoms with van der Waals surface area (Å²) in [5.41, 5.74) is 4.85. The van der Waals surface area contributed by atoms with Crippen LogP contribution in [0.4, 0.5) is 5.69 Å². The van der Waals surface area contributed by atoms with Gasteiger partial charge in [0.2, 0.25) is 0 Å². The van der Waals surface area contributed by atoms with E-state index in [1.165, 1.54) is 5.56 Å². The molecule has 1 atom stereocenters. The number of hydrogen-bond acceptors (Lipinski definition) is 4. The average Bonchev–Trinajstić information content (AvgIpc) is 3.33. The number of halogens is 1. The van der Waals surface area contributed by atoms with Crippen LogP contribution in [0.5, 0.6) is 5.75 Å². The largest absolute Gasteiger partial charge is 0.488 e. The maximum absolute atomic E-state index is 12.6. The smallest absolute Gasteiger partial charge is 0.255 e. The SMILES string of the molecule is CC(O)(CN[N+]1(Cc2ccc(Cl)cc2)CCCC1)COc1ccccc1NC(=O)c1ccccc1. The summed E-state index contributed by atoms with van der Waals surface area (Å²) in [4.78, 5) is 12.6. The molecule has 0 spiro atoms. The van der Waals surface area contributed by atoms with Gasteiger partial charge < -0.3 is 15.2 Å². The van der Waals surface area contributed by atoms with Crippen LogP contribution < -0.4 is 15.5 Å². The number of nitrogens with zero attached hydrogens (tertiary/aromatic N) is 1. The zero-order chi connectivity index (χ0) is 24.7. The van der Waals surface area contributed by atoms with Crippen molar-refractivity contribution < 1.29 is 19.2 Å². The molecule has 3 aromatic carbocycles. The molecule has 35 heavy (non-hydrogen) atoms. The second kappa shape index (κ2) is 11.2. The summed E-state index contributed by atoms with van der Waals surface area (Å²) in [6, 6.07) is 24.3. The van der Waals surface area contributed by atoms with Crippen molar-refractivity contribution in [3.05, 3.63) is 95.0 Å². The number of hydrogen-bond donors (Lipinski definition) is 3. The van der Waals surface area contributed by atoms with Crippen LogP contribution in [0.1, 0.15) is 35.7 Å². The van der Waals surface area contributed by atoms with Gasteiger partial charge in [0.15, 0.2) is 0 Å². The third-order valence-corrected chi connectivity index (χ3v) is 6.58. The molecule has 0 radical (unpaired) electrons. The lowest BCUT2D eigenvalue weighted by Gasteiger charge is -2.36. The standard InChI is InChI=1S/C28H32ClN3O3/c1-28(34,20-30-32(17-7-8-18-32)19-22-13-15-24(29)16-14-22)21-35-26-12-6-5-11-25(26)31-27(33)23-9-3-2-4-10-23/h2-6,9-16,30,34H,7-8,17-21H2,1H3/p+1. The van der Waals surface area contributed by atoms with E-state index in [0.29, 0.717) is 23.5 Å². The predicted octanol–water partition coefficient (Wildman–Crippen LogP) is 5.04. The van der Waals surface area contributed by atoms with Crippen molar-refractivity contribution in [3.8, 4) is 5.75 Å². The van der Waals surface area contributed by atoms with Crippen molar-refractivity contribution in [2.75, 3.05) is 31.6 Å². The summed E-state index contributed by atoms with van der Waals surface area (Å²) in [7, 11) is 0. The van der Waals surface area contributed by atoms with Crippen LogP contribution >= 0.6 is 11.6 Å². The number of para-hydroxylation sites is 2. The fourth-order valence-electron chi connectivity index (χ4n) is 4.35. The van der Waals surface area contributed by atoms with Gasteiger partial charge in [0.1, 0.15) is 24.5 Å². The Morgan fingerprint density at radius 1 is 1.00 bits per heavy atom. The Balaban J connectivity index is 1.36. The minimum atomic E-state index is -1.11. The predicted molar refractivity (Wildman–Crippen MR) is 139 cm³/mol. The zero-order valence-electron chi connectivity index (χ0n) is 20.0. The fourth-order valence-corrected chi connectivity index (χ4v) is 4.48. The van der Waals surface area contributed by atoms with Gasteiger partial charge in [0, 0.05) is 29.0 Å². The molecule has 0 aliphatic carbocycles. The van der Waals surface area contributed by atoms with Crippen LogP contribution in [0.3, 0.4) is 0 Å². The molecule has 6 nitrogen and oxygen atoms in total. The van der Waals surface area contributed by atoms with Crippen molar-refractivity contribution in [1.29, 1.82) is 0 Å². The van der Waals surface area contributed by atoms with E-state index < -0.39 is 5.60 Å². The van der Waals surface area contributed by atoms with E-state index >= 15 is 0 Å². The fraction of sp³-hybridized carbons (Fsp3) is 0.321. The third-order valence-electron chi connectivity index (χ3n) is 6.33. The van der Waals surface area contributed by atoms with Gasteiger partial charge in [-0.1, -0.05) is 54.1 Å². The quantitative estimate of drug-likeness (QED) is 0.345. The number of rotatable bonds is 10. The number of carbonyl (C=O) groups excluding carboxylic acids is 1. The van der Waals surface area contributed by atoms with E-state index in [9.17, 15) is 9.90 Å². The number of likely N-dealkylation sites (tertiary alicyclic amines) is 1. The molecule has 1 amide bonds. The maximum atomic E-state index is 12.6. The van der Waals surface area contributed by atoms with Gasteiger partial charge in [-0.2, -0.15) is 5.43 Å². The summed E-state index contributed by atoms with van der Waals surface area (Å²) >= 11 is 6.05. The van der Waals surface area contributed by atoms with E-state index in [1.807, 2.05) is 42.5 Å². The maximum Gasteiger partial charge on any atom is 0.255 e. The average molecular weight is 495 g/mol. The molecule has 1 aliphatic rings. The van der Waals surface area contributed by atoms with Crippen LogP contribution in [-0.4, -0.2) is 47.4 Å². The molecule has 0 bridgehead atoms. The Labute approximate surface area is 212 Å². The number of amides is 1. The van der Waals surface area contributed by atoms with Gasteiger partial charge in [0.25, 0.3) is 5.91 Å². The first kappa shape index (κ1) is 25.2. The normalized spacial score (nSPS) is 16.4. The van der Waals surface area contributed by atoms with Crippen LogP contribution in [0.2, 0.25) is 5.02 Å². The molecule has 1 fully saturated rings. The molecule has 3 N–H and O–H groups in total. The number of anilines is 1. The van der Waals surface area contributed by atoms with E-state index in [1.54, 1.807) is 31.2 Å². The van der Waals surface area contributed by atoms with Crippen molar-refractivity contribution in [1.82, 2.24) is 5.43 Å². The highest BCUT2D eigenvalue weighted by molar-refractivity contribution is 6.30. The highest BCUT2D eigenvalue weighted by atomic mass is 35.5. The molecule has 184 valence electrons. The molecule has 1 aliphatic heterocycles. The first-order valence-electron chi connectivity index (χ1n) is 12.0. The lowest BCUT2D eigenvalue weighted by atomic mass is 10.1. The van der Waals surface area contributed by atoms with Crippen LogP contribution in [0.25, 0.3) is 0 Å². The molecule has 1 saturated heterocycles. The van der Waals surface area contributed by atoms with Gasteiger partial charge in [-0.15, -0.1) is 0 Å². The Bertz CT molecular complexity index is 1110. The summed E-state index contributed by atoms with van der Waals surface area (Å²) in [5.74, 6) is 0.307. The van der Waals surface area contributed by atoms with Gasteiger partial charge in [-0.3, -0.25) is 4.79 Å². The lowest BCUT2D eigenvalue weighted by molar-refractivity contribution is -0.972. The first-order valence-corrected chi connectivity index (χ1v) is 12.4. The number of carbonyl (C=O) groups is 1. The minimum absolute atomic E-state index is 0.0825. The summed E-state index contributed by atoms with van der Waals surface area (Å²) < 4.78 is 6.72. The van der Waals surface area contributed by atoms with Crippen molar-refractivity contribution in [2.45, 2.75) is 31.9 Å². The minimum Gasteiger partial charge on any atom is -0.488 e. The molecular weight excluding hydrogens is 462 g/mol. The molecule has 1 heterocycles. The second-order valence-corrected chi connectivity index (χ2v) is 9.96. The molecule has 0 aromatic heterocycles. The van der Waals surface area contributed by atoms with Crippen molar-refractivity contribution in [3.63, 3.8) is 0 Å². The van der Waals surface area contributed by atoms with Gasteiger partial charge >= 0.3 is 0 Å². The lowest BCUT2D eigenvalue weighted by Crippen LogP contribution is -2.60. The van der Waals surface area contributed by atoms with Crippen molar-refractivity contribution in [2.24, 2.45) is 0 Å². The number of nitrogens with one attached hydrogen (secondary N) is 2. The van der Waals surface area contributed by atoms with Crippen LogP contribution in [-0.2, 0) is 6.54 Å². The third kappa shape index (κ3) is 7.05. The van der Waals surface area contributed by atoms with Gasteiger partial charge in [0.05, 0.1) is 25.3 Å². The summed E-state index contributed by atoms with van der Waals surface area (Å²) in [5, 5.41) is 14.7. The number of benzene rings is 3. The van der Waals surface area contributed by atoms with E-state index in [-0.39, 0.29) is 12.5 Å². The van der Waals surface area contributed by atoms with Crippen LogP contribution in [0.15, 0.2) is 78.9 Å². The number of quaternary nitrogens is 1. The molecule has 7 heteroatoms. The summed E-state index contributed by atoms with van der Waals surface area (Å²) in [6.45, 7) is 5.07. The van der Waals surface area contributed by atoms with Gasteiger partial charge in [-0.05, 0) is 43.3 Å². The van der Waals surface area contributed by atoms with E-state index in [0.717, 1.165) is 42.1 Å². The molecule has 1 unspecified atom stereocenters. The van der Waals surface area contributed by atoms with Gasteiger partial charge in [-0.25, -0.2) is 4.59 Å². The Hall–Kier alpha value is -2.90. The van der Waals surface area contributed by atoms with E-state index in [4.69, 9.17) is 16.3 Å². The molecule has 3 aromatic rings. The molecular formula is C28H33ClN3O3+. The number of aliphatic hydroxyl groups is 1. The molecule has 0 saturated carbocycles. The monoisotopic (exact) mass is 494 g/mol. The Morgan fingerprint density at radius 3 is 2.37 bits per heavy atom. The first-order chi connectivity index (χ1) is 16.8. The number of ether oxygens (including phenoxy) is 1.